The lowest BCUT2D eigenvalue weighted by molar-refractivity contribution is -0.384. The first kappa shape index (κ1) is 14.9. The van der Waals surface area contributed by atoms with Crippen molar-refractivity contribution in [2.24, 2.45) is 0 Å². The second-order valence-corrected chi connectivity index (χ2v) is 4.77. The van der Waals surface area contributed by atoms with E-state index in [2.05, 4.69) is 0 Å². The highest BCUT2D eigenvalue weighted by atomic mass is 19.1. The Hall–Kier alpha value is -2.51. The maximum atomic E-state index is 13.7. The Labute approximate surface area is 119 Å². The number of rotatable bonds is 3. The van der Waals surface area contributed by atoms with Crippen LogP contribution in [-0.2, 0) is 4.79 Å². The van der Waals surface area contributed by atoms with E-state index in [1.165, 1.54) is 0 Å². The van der Waals surface area contributed by atoms with Crippen molar-refractivity contribution in [2.45, 2.75) is 25.3 Å². The number of nitro benzene ring substituents is 1. The summed E-state index contributed by atoms with van der Waals surface area (Å²) in [4.78, 5) is 34.5. The zero-order valence-corrected chi connectivity index (χ0v) is 11.0. The number of non-ortho nitro benzene ring substituents is 1. The van der Waals surface area contributed by atoms with E-state index >= 15 is 0 Å². The van der Waals surface area contributed by atoms with Gasteiger partial charge < -0.3 is 10.0 Å². The molecule has 1 saturated heterocycles. The number of likely N-dealkylation sites (tertiary alicyclic amines) is 1. The molecule has 1 aromatic rings. The Morgan fingerprint density at radius 2 is 2.10 bits per heavy atom. The van der Waals surface area contributed by atoms with Crippen LogP contribution < -0.4 is 0 Å². The van der Waals surface area contributed by atoms with Gasteiger partial charge in [-0.25, -0.2) is 9.18 Å². The molecule has 21 heavy (non-hydrogen) atoms. The Bertz CT molecular complexity index is 604. The van der Waals surface area contributed by atoms with E-state index in [0.717, 1.165) is 23.1 Å². The molecule has 1 N–H and O–H groups in total. The van der Waals surface area contributed by atoms with Crippen LogP contribution in [0, 0.1) is 15.9 Å². The van der Waals surface area contributed by atoms with E-state index in [4.69, 9.17) is 5.11 Å². The summed E-state index contributed by atoms with van der Waals surface area (Å²) < 4.78 is 13.7. The number of amides is 1. The molecule has 1 fully saturated rings. The zero-order chi connectivity index (χ0) is 15.6. The minimum absolute atomic E-state index is 0.192. The number of carbonyl (C=O) groups excluding carboxylic acids is 1. The Kier molecular flexibility index (Phi) is 4.15. The molecular formula is C13H13FN2O5. The molecule has 0 aliphatic carbocycles. The third-order valence-electron chi connectivity index (χ3n) is 3.44. The molecule has 1 heterocycles. The molecule has 2 rings (SSSR count). The maximum Gasteiger partial charge on any atom is 0.326 e. The number of piperidine rings is 1. The lowest BCUT2D eigenvalue weighted by Gasteiger charge is -2.33. The summed E-state index contributed by atoms with van der Waals surface area (Å²) >= 11 is 0. The molecule has 1 amide bonds. The molecule has 7 nitrogen and oxygen atoms in total. The van der Waals surface area contributed by atoms with Crippen molar-refractivity contribution in [3.05, 3.63) is 39.7 Å². The molecule has 0 saturated carbocycles. The first-order valence-corrected chi connectivity index (χ1v) is 6.39. The van der Waals surface area contributed by atoms with Gasteiger partial charge in [-0.1, -0.05) is 0 Å². The number of nitrogens with zero attached hydrogens (tertiary/aromatic N) is 2. The summed E-state index contributed by atoms with van der Waals surface area (Å²) in [5, 5.41) is 19.8. The van der Waals surface area contributed by atoms with E-state index in [1.807, 2.05) is 0 Å². The number of carbonyl (C=O) groups is 2. The van der Waals surface area contributed by atoms with Crippen LogP contribution in [0.1, 0.15) is 29.6 Å². The molecule has 1 aliphatic heterocycles. The molecule has 0 bridgehead atoms. The molecule has 0 radical (unpaired) electrons. The van der Waals surface area contributed by atoms with Crippen molar-refractivity contribution in [1.82, 2.24) is 4.90 Å². The van der Waals surface area contributed by atoms with E-state index in [0.29, 0.717) is 12.8 Å². The van der Waals surface area contributed by atoms with Crippen LogP contribution in [0.4, 0.5) is 10.1 Å². The van der Waals surface area contributed by atoms with E-state index in [9.17, 15) is 24.1 Å². The Morgan fingerprint density at radius 1 is 1.38 bits per heavy atom. The fourth-order valence-corrected chi connectivity index (χ4v) is 2.38. The highest BCUT2D eigenvalue weighted by Crippen LogP contribution is 2.23. The number of carboxylic acids is 1. The minimum atomic E-state index is -1.16. The smallest absolute Gasteiger partial charge is 0.326 e. The van der Waals surface area contributed by atoms with Crippen LogP contribution >= 0.6 is 0 Å². The highest BCUT2D eigenvalue weighted by molar-refractivity contribution is 5.97. The molecule has 0 spiro atoms. The van der Waals surface area contributed by atoms with E-state index in [-0.39, 0.29) is 13.0 Å². The summed E-state index contributed by atoms with van der Waals surface area (Å²) in [6.45, 7) is 0.192. The van der Waals surface area contributed by atoms with Crippen molar-refractivity contribution in [3.63, 3.8) is 0 Å². The molecule has 1 atom stereocenters. The summed E-state index contributed by atoms with van der Waals surface area (Å²) in [6.07, 6.45) is 1.57. The number of hydrogen-bond acceptors (Lipinski definition) is 4. The standard InChI is InChI=1S/C13H13FN2O5/c14-10-5-4-8(16(20)21)7-9(10)12(17)15-6-2-1-3-11(15)13(18)19/h4-5,7,11H,1-3,6H2,(H,18,19)/t11-/m0/s1. The largest absolute Gasteiger partial charge is 0.480 e. The Balaban J connectivity index is 2.36. The fraction of sp³-hybridized carbons (Fsp3) is 0.385. The second-order valence-electron chi connectivity index (χ2n) is 4.77. The first-order valence-electron chi connectivity index (χ1n) is 6.39. The van der Waals surface area contributed by atoms with Gasteiger partial charge in [0.2, 0.25) is 0 Å². The number of aliphatic carboxylic acids is 1. The van der Waals surface area contributed by atoms with Gasteiger partial charge in [-0.05, 0) is 25.3 Å². The lowest BCUT2D eigenvalue weighted by Crippen LogP contribution is -2.48. The van der Waals surface area contributed by atoms with Crippen molar-refractivity contribution < 1.29 is 24.0 Å². The van der Waals surface area contributed by atoms with Gasteiger partial charge >= 0.3 is 5.97 Å². The SMILES string of the molecule is O=C(O)[C@@H]1CCCCN1C(=O)c1cc([N+](=O)[O-])ccc1F. The highest BCUT2D eigenvalue weighted by Gasteiger charge is 2.34. The second kappa shape index (κ2) is 5.86. The molecule has 0 aromatic heterocycles. The van der Waals surface area contributed by atoms with Gasteiger partial charge in [0.25, 0.3) is 11.6 Å². The van der Waals surface area contributed by atoms with Gasteiger partial charge in [-0.15, -0.1) is 0 Å². The van der Waals surface area contributed by atoms with Gasteiger partial charge in [-0.3, -0.25) is 14.9 Å². The van der Waals surface area contributed by atoms with E-state index in [1.54, 1.807) is 0 Å². The summed E-state index contributed by atoms with van der Waals surface area (Å²) in [6, 6.07) is 1.61. The van der Waals surface area contributed by atoms with Gasteiger partial charge in [0.05, 0.1) is 10.5 Å². The molecule has 1 aromatic carbocycles. The fourth-order valence-electron chi connectivity index (χ4n) is 2.38. The molecule has 0 unspecified atom stereocenters. The first-order chi connectivity index (χ1) is 9.91. The average Bonchev–Trinajstić information content (AvgIpc) is 2.46. The minimum Gasteiger partial charge on any atom is -0.480 e. The maximum absolute atomic E-state index is 13.7. The van der Waals surface area contributed by atoms with Gasteiger partial charge in [-0.2, -0.15) is 0 Å². The monoisotopic (exact) mass is 296 g/mol. The molecular weight excluding hydrogens is 283 g/mol. The summed E-state index contributed by atoms with van der Waals surface area (Å²) in [5.41, 5.74) is -0.888. The normalized spacial score (nSPS) is 18.3. The van der Waals surface area contributed by atoms with Crippen LogP contribution in [0.2, 0.25) is 0 Å². The van der Waals surface area contributed by atoms with Crippen LogP contribution in [0.3, 0.4) is 0 Å². The predicted octanol–water partition coefficient (Wildman–Crippen LogP) is 1.81. The Morgan fingerprint density at radius 3 is 2.71 bits per heavy atom. The van der Waals surface area contributed by atoms with Crippen LogP contribution in [-0.4, -0.2) is 39.4 Å². The number of hydrogen-bond donors (Lipinski definition) is 1. The van der Waals surface area contributed by atoms with Crippen LogP contribution in [0.25, 0.3) is 0 Å². The summed E-state index contributed by atoms with van der Waals surface area (Å²) in [7, 11) is 0. The van der Waals surface area contributed by atoms with E-state index < -0.39 is 39.9 Å². The molecule has 112 valence electrons. The summed E-state index contributed by atoms with van der Waals surface area (Å²) in [5.74, 6) is -2.89. The number of benzene rings is 1. The lowest BCUT2D eigenvalue weighted by atomic mass is 10.0. The quantitative estimate of drug-likeness (QED) is 0.677. The van der Waals surface area contributed by atoms with Crippen LogP contribution in [0.5, 0.6) is 0 Å². The number of carboxylic acid groups (broad SMARTS) is 1. The zero-order valence-electron chi connectivity index (χ0n) is 11.0. The van der Waals surface area contributed by atoms with Crippen molar-refractivity contribution in [1.29, 1.82) is 0 Å². The predicted molar refractivity (Wildman–Crippen MR) is 69.4 cm³/mol. The molecule has 8 heteroatoms. The topological polar surface area (TPSA) is 101 Å². The van der Waals surface area contributed by atoms with Gasteiger partial charge in [0.15, 0.2) is 0 Å². The van der Waals surface area contributed by atoms with Gasteiger partial charge in [0.1, 0.15) is 11.9 Å². The van der Waals surface area contributed by atoms with Crippen molar-refractivity contribution in [3.8, 4) is 0 Å². The molecule has 1 aliphatic rings. The van der Waals surface area contributed by atoms with Crippen LogP contribution in [0.15, 0.2) is 18.2 Å². The van der Waals surface area contributed by atoms with Crippen molar-refractivity contribution >= 4 is 17.6 Å². The van der Waals surface area contributed by atoms with Gasteiger partial charge in [0, 0.05) is 18.7 Å². The third-order valence-corrected chi connectivity index (χ3v) is 3.44. The average molecular weight is 296 g/mol. The number of nitro groups is 1. The number of halogens is 1. The third kappa shape index (κ3) is 2.99. The van der Waals surface area contributed by atoms with Crippen molar-refractivity contribution in [2.75, 3.05) is 6.54 Å².